The van der Waals surface area contributed by atoms with Crippen molar-refractivity contribution in [2.24, 2.45) is 0 Å². The Morgan fingerprint density at radius 3 is 2.76 bits per heavy atom. The lowest BCUT2D eigenvalue weighted by atomic mass is 10.2. The van der Waals surface area contributed by atoms with Crippen LogP contribution in [0.1, 0.15) is 39.0 Å². The summed E-state index contributed by atoms with van der Waals surface area (Å²) in [5.41, 5.74) is -0.566. The van der Waals surface area contributed by atoms with Crippen LogP contribution in [0.25, 0.3) is 0 Å². The largest absolute Gasteiger partial charge is 0.465 e. The molecule has 1 rings (SSSR count). The van der Waals surface area contributed by atoms with E-state index < -0.39 is 11.7 Å². The van der Waals surface area contributed by atoms with Gasteiger partial charge in [-0.15, -0.1) is 0 Å². The zero-order valence-corrected chi connectivity index (χ0v) is 13.3. The summed E-state index contributed by atoms with van der Waals surface area (Å²) in [4.78, 5) is 27.3. The van der Waals surface area contributed by atoms with E-state index in [1.165, 1.54) is 17.5 Å². The molecule has 0 bridgehead atoms. The fraction of sp³-hybridized carbons (Fsp3) is 0.500. The summed E-state index contributed by atoms with van der Waals surface area (Å²) in [5, 5.41) is 2.92. The second kappa shape index (κ2) is 7.64. The number of carbonyl (C=O) groups excluding carboxylic acids is 2. The van der Waals surface area contributed by atoms with E-state index in [9.17, 15) is 9.59 Å². The fourth-order valence-electron chi connectivity index (χ4n) is 1.20. The van der Waals surface area contributed by atoms with Gasteiger partial charge in [0.05, 0.1) is 17.7 Å². The first-order valence-corrected chi connectivity index (χ1v) is 7.22. The quantitative estimate of drug-likeness (QED) is 0.686. The number of ether oxygens (including phenoxy) is 2. The van der Waals surface area contributed by atoms with Crippen LogP contribution in [0.3, 0.4) is 0 Å². The zero-order valence-electron chi connectivity index (χ0n) is 12.5. The van der Waals surface area contributed by atoms with Gasteiger partial charge in [0.2, 0.25) is 0 Å². The van der Waals surface area contributed by atoms with Crippen molar-refractivity contribution < 1.29 is 19.1 Å². The summed E-state index contributed by atoms with van der Waals surface area (Å²) in [6.45, 7) is 7.41. The van der Waals surface area contributed by atoms with Gasteiger partial charge in [-0.1, -0.05) is 23.2 Å². The van der Waals surface area contributed by atoms with Crippen LogP contribution in [-0.4, -0.2) is 29.3 Å². The first kappa shape index (κ1) is 17.0. The van der Waals surface area contributed by atoms with Crippen molar-refractivity contribution in [1.82, 2.24) is 4.98 Å². The van der Waals surface area contributed by atoms with Crippen molar-refractivity contribution in [2.45, 2.75) is 39.7 Å². The van der Waals surface area contributed by atoms with Crippen LogP contribution in [0.5, 0.6) is 0 Å². The molecule has 1 heterocycles. The lowest BCUT2D eigenvalue weighted by molar-refractivity contribution is -0.141. The number of hydrogen-bond donors (Lipinski definition) is 1. The van der Waals surface area contributed by atoms with E-state index in [1.54, 1.807) is 27.7 Å². The molecular weight excluding hydrogens is 292 g/mol. The predicted octanol–water partition coefficient (Wildman–Crippen LogP) is 2.79. The molecule has 0 aliphatic rings. The van der Waals surface area contributed by atoms with Crippen LogP contribution in [0.2, 0.25) is 0 Å². The molecule has 0 spiro atoms. The Morgan fingerprint density at radius 1 is 1.43 bits per heavy atom. The number of nitrogens with zero attached hydrogens (tertiary/aromatic N) is 1. The summed E-state index contributed by atoms with van der Waals surface area (Å²) in [6, 6.07) is 0. The average molecular weight is 310 g/mol. The van der Waals surface area contributed by atoms with Crippen molar-refractivity contribution in [1.29, 1.82) is 0 Å². The van der Waals surface area contributed by atoms with Crippen LogP contribution in [0.15, 0.2) is 6.20 Å². The molecule has 7 heteroatoms. The van der Waals surface area contributed by atoms with Gasteiger partial charge in [0.15, 0.2) is 5.13 Å². The van der Waals surface area contributed by atoms with Gasteiger partial charge in [-0.05, 0) is 27.7 Å². The molecule has 1 aromatic heterocycles. The molecule has 1 aromatic rings. The van der Waals surface area contributed by atoms with Crippen LogP contribution in [-0.2, 0) is 14.3 Å². The summed E-state index contributed by atoms with van der Waals surface area (Å²) < 4.78 is 9.87. The monoisotopic (exact) mass is 310 g/mol. The molecule has 6 nitrogen and oxygen atoms in total. The average Bonchev–Trinajstić information content (AvgIpc) is 2.74. The Kier molecular flexibility index (Phi) is 6.18. The molecule has 1 N–H and O–H groups in total. The number of anilines is 1. The molecule has 0 aromatic carbocycles. The van der Waals surface area contributed by atoms with E-state index in [1.807, 2.05) is 0 Å². The molecule has 0 atom stereocenters. The highest BCUT2D eigenvalue weighted by molar-refractivity contribution is 7.16. The molecule has 1 amide bonds. The minimum atomic E-state index is -0.567. The van der Waals surface area contributed by atoms with E-state index in [2.05, 4.69) is 22.1 Å². The molecule has 0 fully saturated rings. The Hall–Kier alpha value is -2.07. The van der Waals surface area contributed by atoms with Crippen molar-refractivity contribution in [3.05, 3.63) is 11.1 Å². The lowest BCUT2D eigenvalue weighted by Gasteiger charge is -2.18. The van der Waals surface area contributed by atoms with Crippen molar-refractivity contribution in [3.63, 3.8) is 0 Å². The van der Waals surface area contributed by atoms with Gasteiger partial charge < -0.3 is 9.47 Å². The van der Waals surface area contributed by atoms with Gasteiger partial charge in [-0.3, -0.25) is 10.1 Å². The molecule has 21 heavy (non-hydrogen) atoms. The van der Waals surface area contributed by atoms with Gasteiger partial charge >= 0.3 is 12.1 Å². The molecule has 0 saturated carbocycles. The lowest BCUT2D eigenvalue weighted by Crippen LogP contribution is -2.27. The van der Waals surface area contributed by atoms with Crippen molar-refractivity contribution in [2.75, 3.05) is 11.9 Å². The van der Waals surface area contributed by atoms with Gasteiger partial charge in [-0.25, -0.2) is 9.78 Å². The van der Waals surface area contributed by atoms with Gasteiger partial charge in [0.1, 0.15) is 12.0 Å². The van der Waals surface area contributed by atoms with Crippen molar-refractivity contribution >= 4 is 28.5 Å². The standard InChI is InChI=1S/C14H18N2O4S/c1-5-19-11(17)8-6-7-10-9-15-12(21-10)16-13(18)20-14(2,3)4/h9H,5,8H2,1-4H3,(H,15,16,18). The van der Waals surface area contributed by atoms with Crippen LogP contribution >= 0.6 is 11.3 Å². The molecular formula is C14H18N2O4S. The smallest absolute Gasteiger partial charge is 0.413 e. The third kappa shape index (κ3) is 7.32. The minimum absolute atomic E-state index is 0.0283. The number of hydrogen-bond acceptors (Lipinski definition) is 6. The second-order valence-electron chi connectivity index (χ2n) is 4.94. The predicted molar refractivity (Wildman–Crippen MR) is 80.1 cm³/mol. The summed E-state index contributed by atoms with van der Waals surface area (Å²) in [5.74, 6) is 5.12. The minimum Gasteiger partial charge on any atom is -0.465 e. The number of amides is 1. The number of rotatable bonds is 3. The van der Waals surface area contributed by atoms with E-state index in [0.717, 1.165) is 0 Å². The maximum absolute atomic E-state index is 11.5. The number of thiazole rings is 1. The molecule has 0 radical (unpaired) electrons. The molecule has 0 saturated heterocycles. The van der Waals surface area contributed by atoms with Crippen LogP contribution < -0.4 is 5.32 Å². The van der Waals surface area contributed by atoms with Gasteiger partial charge in [-0.2, -0.15) is 0 Å². The van der Waals surface area contributed by atoms with E-state index in [0.29, 0.717) is 16.6 Å². The van der Waals surface area contributed by atoms with Crippen LogP contribution in [0.4, 0.5) is 9.93 Å². The SMILES string of the molecule is CCOC(=O)CC#Cc1cnc(NC(=O)OC(C)(C)C)s1. The maximum Gasteiger partial charge on any atom is 0.413 e. The van der Waals surface area contributed by atoms with E-state index in [-0.39, 0.29) is 12.4 Å². The number of carbonyl (C=O) groups is 2. The fourth-order valence-corrected chi connectivity index (χ4v) is 1.87. The Bertz CT molecular complexity index is 564. The summed E-state index contributed by atoms with van der Waals surface area (Å²) >= 11 is 1.20. The topological polar surface area (TPSA) is 77.5 Å². The van der Waals surface area contributed by atoms with Gasteiger partial charge in [0, 0.05) is 0 Å². The highest BCUT2D eigenvalue weighted by atomic mass is 32.1. The highest BCUT2D eigenvalue weighted by Gasteiger charge is 2.17. The number of esters is 1. The third-order valence-electron chi connectivity index (χ3n) is 1.86. The first-order chi connectivity index (χ1) is 9.80. The van der Waals surface area contributed by atoms with Crippen LogP contribution in [0, 0.1) is 11.8 Å². The molecule has 0 aliphatic carbocycles. The van der Waals surface area contributed by atoms with Gasteiger partial charge in [0.25, 0.3) is 0 Å². The summed E-state index contributed by atoms with van der Waals surface area (Å²) in [7, 11) is 0. The Morgan fingerprint density at radius 2 is 2.14 bits per heavy atom. The normalized spacial score (nSPS) is 10.3. The van der Waals surface area contributed by atoms with E-state index >= 15 is 0 Å². The molecule has 0 unspecified atom stereocenters. The number of nitrogens with one attached hydrogen (secondary N) is 1. The highest BCUT2D eigenvalue weighted by Crippen LogP contribution is 2.18. The third-order valence-corrected chi connectivity index (χ3v) is 2.69. The zero-order chi connectivity index (χ0) is 15.9. The second-order valence-corrected chi connectivity index (χ2v) is 5.97. The number of aromatic nitrogens is 1. The Labute approximate surface area is 127 Å². The Balaban J connectivity index is 2.52. The van der Waals surface area contributed by atoms with E-state index in [4.69, 9.17) is 9.47 Å². The molecule has 114 valence electrons. The van der Waals surface area contributed by atoms with Crippen molar-refractivity contribution in [3.8, 4) is 11.8 Å². The molecule has 0 aliphatic heterocycles. The maximum atomic E-state index is 11.5. The summed E-state index contributed by atoms with van der Waals surface area (Å²) in [6.07, 6.45) is 0.985. The first-order valence-electron chi connectivity index (χ1n) is 6.40.